The minimum absolute atomic E-state index is 0.0396. The number of rotatable bonds is 5. The molecule has 0 heterocycles. The molecule has 0 spiro atoms. The zero-order valence-electron chi connectivity index (χ0n) is 9.55. The number of ether oxygens (including phenoxy) is 1. The van der Waals surface area contributed by atoms with Gasteiger partial charge >= 0.3 is 0 Å². The van der Waals surface area contributed by atoms with Gasteiger partial charge < -0.3 is 10.1 Å². The number of benzene rings is 1. The summed E-state index contributed by atoms with van der Waals surface area (Å²) in [7, 11) is 0. The maximum atomic E-state index is 12.8. The average Bonchev–Trinajstić information content (AvgIpc) is 2.22. The monoisotopic (exact) mass is 225 g/mol. The third-order valence-corrected chi connectivity index (χ3v) is 2.10. The van der Waals surface area contributed by atoms with Gasteiger partial charge in [0.2, 0.25) is 5.91 Å². The van der Waals surface area contributed by atoms with Gasteiger partial charge in [0.05, 0.1) is 13.0 Å². The average molecular weight is 225 g/mol. The van der Waals surface area contributed by atoms with E-state index < -0.39 is 0 Å². The van der Waals surface area contributed by atoms with Crippen molar-refractivity contribution >= 4 is 5.91 Å². The van der Waals surface area contributed by atoms with Crippen molar-refractivity contribution in [3.63, 3.8) is 0 Å². The highest BCUT2D eigenvalue weighted by molar-refractivity contribution is 5.75. The first-order chi connectivity index (χ1) is 7.63. The van der Waals surface area contributed by atoms with Crippen LogP contribution in [0.5, 0.6) is 5.75 Å². The van der Waals surface area contributed by atoms with E-state index in [1.165, 1.54) is 12.1 Å². The summed E-state index contributed by atoms with van der Waals surface area (Å²) in [5.74, 6) is 0.293. The minimum Gasteiger partial charge on any atom is -0.493 e. The molecule has 0 aliphatic rings. The lowest BCUT2D eigenvalue weighted by atomic mass is 10.2. The standard InChI is InChI=1S/C12H16FNO2/c1-3-14-12(15)6-7-16-11-5-4-10(13)8-9(11)2/h4-5,8H,3,6-7H2,1-2H3,(H,14,15). The van der Waals surface area contributed by atoms with Crippen molar-refractivity contribution in [2.24, 2.45) is 0 Å². The Hall–Kier alpha value is -1.58. The number of hydrogen-bond donors (Lipinski definition) is 1. The van der Waals surface area contributed by atoms with Crippen LogP contribution < -0.4 is 10.1 Å². The Labute approximate surface area is 94.6 Å². The van der Waals surface area contributed by atoms with Crippen LogP contribution in [0.15, 0.2) is 18.2 Å². The summed E-state index contributed by atoms with van der Waals surface area (Å²) >= 11 is 0. The van der Waals surface area contributed by atoms with Crippen LogP contribution in [0.1, 0.15) is 18.9 Å². The van der Waals surface area contributed by atoms with Crippen molar-refractivity contribution < 1.29 is 13.9 Å². The highest BCUT2D eigenvalue weighted by Crippen LogP contribution is 2.18. The Morgan fingerprint density at radius 3 is 2.88 bits per heavy atom. The lowest BCUT2D eigenvalue weighted by molar-refractivity contribution is -0.121. The van der Waals surface area contributed by atoms with Crippen LogP contribution in [0.2, 0.25) is 0 Å². The van der Waals surface area contributed by atoms with Crippen molar-refractivity contribution in [1.82, 2.24) is 5.32 Å². The SMILES string of the molecule is CCNC(=O)CCOc1ccc(F)cc1C. The minimum atomic E-state index is -0.284. The third-order valence-electron chi connectivity index (χ3n) is 2.10. The fourth-order valence-electron chi connectivity index (χ4n) is 1.31. The van der Waals surface area contributed by atoms with E-state index in [2.05, 4.69) is 5.32 Å². The molecule has 0 bridgehead atoms. The largest absolute Gasteiger partial charge is 0.493 e. The second-order valence-electron chi connectivity index (χ2n) is 3.46. The van der Waals surface area contributed by atoms with Crippen LogP contribution in [-0.2, 0) is 4.79 Å². The van der Waals surface area contributed by atoms with Crippen LogP contribution >= 0.6 is 0 Å². The molecule has 16 heavy (non-hydrogen) atoms. The molecule has 88 valence electrons. The summed E-state index contributed by atoms with van der Waals surface area (Å²) in [5, 5.41) is 2.68. The first-order valence-corrected chi connectivity index (χ1v) is 5.29. The Bertz CT molecular complexity index is 366. The van der Waals surface area contributed by atoms with E-state index in [-0.39, 0.29) is 11.7 Å². The zero-order chi connectivity index (χ0) is 12.0. The smallest absolute Gasteiger partial charge is 0.223 e. The fraction of sp³-hybridized carbons (Fsp3) is 0.417. The predicted octanol–water partition coefficient (Wildman–Crippen LogP) is 2.04. The van der Waals surface area contributed by atoms with Crippen LogP contribution in [0.3, 0.4) is 0 Å². The number of carbonyl (C=O) groups is 1. The highest BCUT2D eigenvalue weighted by Gasteiger charge is 2.03. The molecule has 0 atom stereocenters. The molecular weight excluding hydrogens is 209 g/mol. The van der Waals surface area contributed by atoms with Gasteiger partial charge in [-0.15, -0.1) is 0 Å². The molecule has 0 aliphatic carbocycles. The molecule has 0 aromatic heterocycles. The molecule has 1 N–H and O–H groups in total. The molecule has 4 heteroatoms. The highest BCUT2D eigenvalue weighted by atomic mass is 19.1. The van der Waals surface area contributed by atoms with Gasteiger partial charge in [-0.1, -0.05) is 0 Å². The quantitative estimate of drug-likeness (QED) is 0.832. The van der Waals surface area contributed by atoms with Crippen LogP contribution in [0.4, 0.5) is 4.39 Å². The topological polar surface area (TPSA) is 38.3 Å². The number of aryl methyl sites for hydroxylation is 1. The van der Waals surface area contributed by atoms with Gasteiger partial charge in [0.1, 0.15) is 11.6 Å². The Morgan fingerprint density at radius 2 is 2.25 bits per heavy atom. The van der Waals surface area contributed by atoms with Crippen molar-refractivity contribution in [1.29, 1.82) is 0 Å². The first kappa shape index (κ1) is 12.5. The van der Waals surface area contributed by atoms with Gasteiger partial charge in [-0.2, -0.15) is 0 Å². The van der Waals surface area contributed by atoms with Crippen molar-refractivity contribution in [2.75, 3.05) is 13.2 Å². The van der Waals surface area contributed by atoms with Gasteiger partial charge in [-0.25, -0.2) is 4.39 Å². The van der Waals surface area contributed by atoms with E-state index in [9.17, 15) is 9.18 Å². The number of carbonyl (C=O) groups excluding carboxylic acids is 1. The summed E-state index contributed by atoms with van der Waals surface area (Å²) in [6.45, 7) is 4.56. The fourth-order valence-corrected chi connectivity index (χ4v) is 1.31. The molecule has 0 radical (unpaired) electrons. The molecule has 3 nitrogen and oxygen atoms in total. The van der Waals surface area contributed by atoms with Gasteiger partial charge in [0.25, 0.3) is 0 Å². The van der Waals surface area contributed by atoms with E-state index in [4.69, 9.17) is 4.74 Å². The van der Waals surface area contributed by atoms with Gasteiger partial charge in [0.15, 0.2) is 0 Å². The predicted molar refractivity (Wildman–Crippen MR) is 59.9 cm³/mol. The Morgan fingerprint density at radius 1 is 1.50 bits per heavy atom. The number of nitrogens with one attached hydrogen (secondary N) is 1. The van der Waals surface area contributed by atoms with E-state index in [0.717, 1.165) is 5.56 Å². The molecule has 0 saturated heterocycles. The molecule has 1 rings (SSSR count). The van der Waals surface area contributed by atoms with Gasteiger partial charge in [-0.05, 0) is 37.6 Å². The molecule has 0 saturated carbocycles. The number of halogens is 1. The summed E-state index contributed by atoms with van der Waals surface area (Å²) in [6.07, 6.45) is 0.310. The van der Waals surface area contributed by atoms with Crippen LogP contribution in [-0.4, -0.2) is 19.1 Å². The molecule has 1 amide bonds. The second-order valence-corrected chi connectivity index (χ2v) is 3.46. The second kappa shape index (κ2) is 6.10. The van der Waals surface area contributed by atoms with Crippen LogP contribution in [0.25, 0.3) is 0 Å². The summed E-state index contributed by atoms with van der Waals surface area (Å²) < 4.78 is 18.2. The molecule has 1 aromatic rings. The number of amides is 1. The van der Waals surface area contributed by atoms with Crippen LogP contribution in [0, 0.1) is 12.7 Å². The van der Waals surface area contributed by atoms with Gasteiger partial charge in [-0.3, -0.25) is 4.79 Å². The van der Waals surface area contributed by atoms with E-state index in [1.807, 2.05) is 6.92 Å². The lowest BCUT2D eigenvalue weighted by Gasteiger charge is -2.08. The third kappa shape index (κ3) is 3.88. The molecule has 1 aromatic carbocycles. The first-order valence-electron chi connectivity index (χ1n) is 5.29. The summed E-state index contributed by atoms with van der Waals surface area (Å²) in [6, 6.07) is 4.32. The normalized spacial score (nSPS) is 9.94. The summed E-state index contributed by atoms with van der Waals surface area (Å²) in [4.78, 5) is 11.1. The van der Waals surface area contributed by atoms with E-state index in [1.54, 1.807) is 13.0 Å². The Kier molecular flexibility index (Phi) is 4.76. The maximum Gasteiger partial charge on any atom is 0.223 e. The Balaban J connectivity index is 2.40. The van der Waals surface area contributed by atoms with Gasteiger partial charge in [0, 0.05) is 6.54 Å². The summed E-state index contributed by atoms with van der Waals surface area (Å²) in [5.41, 5.74) is 0.732. The molecule has 0 unspecified atom stereocenters. The van der Waals surface area contributed by atoms with E-state index >= 15 is 0 Å². The van der Waals surface area contributed by atoms with Crippen molar-refractivity contribution in [3.8, 4) is 5.75 Å². The number of hydrogen-bond acceptors (Lipinski definition) is 2. The lowest BCUT2D eigenvalue weighted by Crippen LogP contribution is -2.24. The molecular formula is C12H16FNO2. The van der Waals surface area contributed by atoms with Crippen molar-refractivity contribution in [2.45, 2.75) is 20.3 Å². The van der Waals surface area contributed by atoms with E-state index in [0.29, 0.717) is 25.3 Å². The van der Waals surface area contributed by atoms with Crippen molar-refractivity contribution in [3.05, 3.63) is 29.6 Å². The maximum absolute atomic E-state index is 12.8. The molecule has 0 fully saturated rings. The zero-order valence-corrected chi connectivity index (χ0v) is 9.55. The molecule has 0 aliphatic heterocycles.